The molecule has 1 aliphatic heterocycles. The molecule has 0 radical (unpaired) electrons. The average Bonchev–Trinajstić information content (AvgIpc) is 2.89. The quantitative estimate of drug-likeness (QED) is 0.288. The van der Waals surface area contributed by atoms with Crippen LogP contribution in [0.5, 0.6) is 11.5 Å². The lowest BCUT2D eigenvalue weighted by Gasteiger charge is -2.27. The Bertz CT molecular complexity index is 1180. The Labute approximate surface area is 210 Å². The van der Waals surface area contributed by atoms with Crippen LogP contribution in [0.3, 0.4) is 0 Å². The van der Waals surface area contributed by atoms with Gasteiger partial charge >= 0.3 is 0 Å². The smallest absolute Gasteiger partial charge is 0.239 e. The first-order valence-corrected chi connectivity index (χ1v) is 12.6. The Morgan fingerprint density at radius 2 is 1.83 bits per heavy atom. The fraction of sp³-hybridized carbons (Fsp3) is 0.346. The summed E-state index contributed by atoms with van der Waals surface area (Å²) in [4.78, 5) is 23.5. The molecule has 0 atom stereocenters. The molecule has 182 valence electrons. The normalized spacial score (nSPS) is 16.6. The van der Waals surface area contributed by atoms with Crippen LogP contribution in [0.25, 0.3) is 11.3 Å². The third kappa shape index (κ3) is 6.04. The van der Waals surface area contributed by atoms with Crippen LogP contribution in [0.4, 0.5) is 11.5 Å². The summed E-state index contributed by atoms with van der Waals surface area (Å²) in [7, 11) is 0. The number of rotatable bonds is 7. The van der Waals surface area contributed by atoms with E-state index in [-0.39, 0.29) is 5.91 Å². The van der Waals surface area contributed by atoms with Crippen molar-refractivity contribution in [3.05, 3.63) is 54.9 Å². The molecule has 5 rings (SSSR count). The maximum Gasteiger partial charge on any atom is 0.239 e. The SMILES string of the molecule is O=C1CN(c2cc(-c3cc(Oc4ccc(NNC5CCCCC5)c(S)c4)ccn3)ccn2)CCN1. The van der Waals surface area contributed by atoms with Gasteiger partial charge in [0, 0.05) is 48.1 Å². The van der Waals surface area contributed by atoms with E-state index in [9.17, 15) is 4.79 Å². The van der Waals surface area contributed by atoms with Crippen molar-refractivity contribution >= 4 is 30.0 Å². The highest BCUT2D eigenvalue weighted by Gasteiger charge is 2.18. The van der Waals surface area contributed by atoms with Gasteiger partial charge in [-0.15, -0.1) is 12.6 Å². The van der Waals surface area contributed by atoms with Gasteiger partial charge in [0.05, 0.1) is 17.9 Å². The average molecular weight is 491 g/mol. The molecular weight excluding hydrogens is 460 g/mol. The fourth-order valence-corrected chi connectivity index (χ4v) is 4.72. The van der Waals surface area contributed by atoms with Crippen molar-refractivity contribution < 1.29 is 9.53 Å². The number of piperazine rings is 1. The van der Waals surface area contributed by atoms with Crippen LogP contribution >= 0.6 is 12.6 Å². The van der Waals surface area contributed by atoms with Crippen LogP contribution in [0.1, 0.15) is 32.1 Å². The van der Waals surface area contributed by atoms with E-state index in [0.29, 0.717) is 30.6 Å². The molecule has 2 fully saturated rings. The Morgan fingerprint density at radius 1 is 1.00 bits per heavy atom. The maximum atomic E-state index is 11.8. The van der Waals surface area contributed by atoms with E-state index in [2.05, 4.69) is 38.8 Å². The summed E-state index contributed by atoms with van der Waals surface area (Å²) in [5.74, 6) is 2.14. The molecule has 1 saturated carbocycles. The molecule has 3 aromatic rings. The lowest BCUT2D eigenvalue weighted by Crippen LogP contribution is -2.48. The first kappa shape index (κ1) is 23.4. The summed E-state index contributed by atoms with van der Waals surface area (Å²) in [6, 6.07) is 13.9. The number of hydrogen-bond acceptors (Lipinski definition) is 8. The molecule has 0 bridgehead atoms. The van der Waals surface area contributed by atoms with Crippen molar-refractivity contribution in [3.63, 3.8) is 0 Å². The number of nitrogens with one attached hydrogen (secondary N) is 3. The molecule has 9 heteroatoms. The number of benzene rings is 1. The number of thiol groups is 1. The second kappa shape index (κ2) is 11.0. The number of carbonyl (C=O) groups excluding carboxylic acids is 1. The Hall–Kier alpha value is -3.30. The van der Waals surface area contributed by atoms with E-state index >= 15 is 0 Å². The fourth-order valence-electron chi connectivity index (χ4n) is 4.46. The number of nitrogens with zero attached hydrogens (tertiary/aromatic N) is 3. The summed E-state index contributed by atoms with van der Waals surface area (Å²) >= 11 is 4.64. The molecule has 0 spiro atoms. The van der Waals surface area contributed by atoms with Gasteiger partial charge in [-0.3, -0.25) is 9.78 Å². The van der Waals surface area contributed by atoms with Crippen molar-refractivity contribution in [2.24, 2.45) is 0 Å². The third-order valence-corrected chi connectivity index (χ3v) is 6.73. The van der Waals surface area contributed by atoms with Crippen molar-refractivity contribution in [2.45, 2.75) is 43.0 Å². The standard InChI is InChI=1S/C26H30N6O2S/c33-26-17-32(13-12-29-26)25-14-18(8-10-28-25)23-15-21(9-11-27-23)34-20-6-7-22(24(35)16-20)31-30-19-4-2-1-3-5-19/h6-11,14-16,19,30-31,35H,1-5,12-13,17H2,(H,29,33). The summed E-state index contributed by atoms with van der Waals surface area (Å²) in [6.45, 7) is 1.65. The predicted octanol–water partition coefficient (Wildman–Crippen LogP) is 4.41. The molecule has 1 amide bonds. The molecule has 1 aromatic carbocycles. The number of amides is 1. The molecule has 1 saturated heterocycles. The Kier molecular flexibility index (Phi) is 7.34. The summed E-state index contributed by atoms with van der Waals surface area (Å²) in [6.07, 6.45) is 9.77. The van der Waals surface area contributed by atoms with Gasteiger partial charge < -0.3 is 20.4 Å². The topological polar surface area (TPSA) is 91.4 Å². The van der Waals surface area contributed by atoms with Crippen molar-refractivity contribution in [1.29, 1.82) is 0 Å². The summed E-state index contributed by atoms with van der Waals surface area (Å²) in [5, 5.41) is 2.84. The highest BCUT2D eigenvalue weighted by Crippen LogP contribution is 2.31. The van der Waals surface area contributed by atoms with Gasteiger partial charge in [-0.05, 0) is 49.2 Å². The molecule has 2 aliphatic rings. The van der Waals surface area contributed by atoms with Crippen LogP contribution in [0.2, 0.25) is 0 Å². The maximum absolute atomic E-state index is 11.8. The van der Waals surface area contributed by atoms with Crippen LogP contribution in [-0.4, -0.2) is 41.6 Å². The Balaban J connectivity index is 1.26. The first-order chi connectivity index (χ1) is 17.1. The van der Waals surface area contributed by atoms with Gasteiger partial charge in [-0.25, -0.2) is 10.4 Å². The zero-order valence-electron chi connectivity index (χ0n) is 19.5. The van der Waals surface area contributed by atoms with Crippen LogP contribution < -0.4 is 25.8 Å². The summed E-state index contributed by atoms with van der Waals surface area (Å²) in [5.41, 5.74) is 9.35. The molecule has 3 N–H and O–H groups in total. The van der Waals surface area contributed by atoms with Gasteiger partial charge in [0.25, 0.3) is 0 Å². The van der Waals surface area contributed by atoms with Gasteiger partial charge in [0.15, 0.2) is 0 Å². The monoisotopic (exact) mass is 490 g/mol. The van der Waals surface area contributed by atoms with Gasteiger partial charge in [0.2, 0.25) is 5.91 Å². The van der Waals surface area contributed by atoms with Crippen LogP contribution in [-0.2, 0) is 4.79 Å². The van der Waals surface area contributed by atoms with E-state index < -0.39 is 0 Å². The van der Waals surface area contributed by atoms with Crippen molar-refractivity contribution in [2.75, 3.05) is 30.0 Å². The highest BCUT2D eigenvalue weighted by molar-refractivity contribution is 7.80. The molecule has 35 heavy (non-hydrogen) atoms. The second-order valence-corrected chi connectivity index (χ2v) is 9.42. The predicted molar refractivity (Wildman–Crippen MR) is 140 cm³/mol. The minimum atomic E-state index is 0.00604. The molecule has 3 heterocycles. The van der Waals surface area contributed by atoms with E-state index in [1.165, 1.54) is 32.1 Å². The number of carbonyl (C=O) groups is 1. The van der Waals surface area contributed by atoms with Gasteiger partial charge in [-0.1, -0.05) is 19.3 Å². The number of hydrazine groups is 1. The van der Waals surface area contributed by atoms with E-state index in [1.807, 2.05) is 47.4 Å². The highest BCUT2D eigenvalue weighted by atomic mass is 32.1. The third-order valence-electron chi connectivity index (χ3n) is 6.36. The molecule has 8 nitrogen and oxygen atoms in total. The van der Waals surface area contributed by atoms with Crippen molar-refractivity contribution in [1.82, 2.24) is 20.7 Å². The molecular formula is C26H30N6O2S. The van der Waals surface area contributed by atoms with E-state index in [0.717, 1.165) is 34.2 Å². The second-order valence-electron chi connectivity index (χ2n) is 8.94. The number of hydrogen-bond donors (Lipinski definition) is 4. The van der Waals surface area contributed by atoms with Gasteiger partial charge in [-0.2, -0.15) is 0 Å². The van der Waals surface area contributed by atoms with Crippen LogP contribution in [0, 0.1) is 0 Å². The lowest BCUT2D eigenvalue weighted by atomic mass is 9.96. The van der Waals surface area contributed by atoms with E-state index in [1.54, 1.807) is 12.4 Å². The number of ether oxygens (including phenoxy) is 1. The zero-order valence-corrected chi connectivity index (χ0v) is 20.4. The Morgan fingerprint density at radius 3 is 2.66 bits per heavy atom. The van der Waals surface area contributed by atoms with Gasteiger partial charge in [0.1, 0.15) is 17.3 Å². The summed E-state index contributed by atoms with van der Waals surface area (Å²) < 4.78 is 6.12. The minimum Gasteiger partial charge on any atom is -0.457 e. The number of pyridine rings is 2. The van der Waals surface area contributed by atoms with Crippen molar-refractivity contribution in [3.8, 4) is 22.8 Å². The van der Waals surface area contributed by atoms with Crippen LogP contribution in [0.15, 0.2) is 59.8 Å². The minimum absolute atomic E-state index is 0.00604. The zero-order chi connectivity index (χ0) is 24.0. The molecule has 0 unspecified atom stereocenters. The number of anilines is 2. The molecule has 1 aliphatic carbocycles. The van der Waals surface area contributed by atoms with E-state index in [4.69, 9.17) is 4.74 Å². The largest absolute Gasteiger partial charge is 0.457 e. The first-order valence-electron chi connectivity index (χ1n) is 12.1. The lowest BCUT2D eigenvalue weighted by molar-refractivity contribution is -0.120. The molecule has 2 aromatic heterocycles. The number of aromatic nitrogens is 2.